The van der Waals surface area contributed by atoms with Gasteiger partial charge in [-0.15, -0.1) is 0 Å². The van der Waals surface area contributed by atoms with Crippen molar-refractivity contribution in [2.24, 2.45) is 0 Å². The fourth-order valence-electron chi connectivity index (χ4n) is 3.85. The first-order chi connectivity index (χ1) is 15.0. The fourth-order valence-corrected chi connectivity index (χ4v) is 3.85. The van der Waals surface area contributed by atoms with Crippen molar-refractivity contribution in [3.63, 3.8) is 0 Å². The van der Waals surface area contributed by atoms with Gasteiger partial charge in [0.2, 0.25) is 5.91 Å². The molecule has 8 heteroatoms. The fraction of sp³-hybridized carbons (Fsp3) is 0.500. The molecule has 0 unspecified atom stereocenters. The van der Waals surface area contributed by atoms with Gasteiger partial charge in [0.25, 0.3) is 0 Å². The third-order valence-electron chi connectivity index (χ3n) is 5.43. The number of carbonyl (C=O) groups is 1. The van der Waals surface area contributed by atoms with Crippen LogP contribution in [-0.2, 0) is 17.9 Å². The summed E-state index contributed by atoms with van der Waals surface area (Å²) in [5.74, 6) is 0.588. The molecule has 0 radical (unpaired) electrons. The van der Waals surface area contributed by atoms with Crippen molar-refractivity contribution in [1.29, 1.82) is 0 Å². The Morgan fingerprint density at radius 1 is 1.17 bits per heavy atom. The highest BCUT2D eigenvalue weighted by Crippen LogP contribution is 2.34. The first-order valence-corrected chi connectivity index (χ1v) is 10.6. The third-order valence-corrected chi connectivity index (χ3v) is 5.43. The van der Waals surface area contributed by atoms with Crippen molar-refractivity contribution in [2.75, 3.05) is 42.2 Å². The zero-order valence-corrected chi connectivity index (χ0v) is 17.4. The molecule has 2 aliphatic heterocycles. The molecule has 1 amide bonds. The van der Waals surface area contributed by atoms with Gasteiger partial charge >= 0.3 is 6.01 Å². The summed E-state index contributed by atoms with van der Waals surface area (Å²) in [4.78, 5) is 25.3. The Morgan fingerprint density at radius 2 is 1.87 bits per heavy atom. The van der Waals surface area contributed by atoms with Crippen LogP contribution in [0.2, 0.25) is 0 Å². The topological polar surface area (TPSA) is 96.6 Å². The van der Waals surface area contributed by atoms with Crippen LogP contribution in [0.5, 0.6) is 6.01 Å². The van der Waals surface area contributed by atoms with Crippen LogP contribution in [0.1, 0.15) is 45.1 Å². The Balaban J connectivity index is 1.48. The van der Waals surface area contributed by atoms with E-state index < -0.39 is 0 Å². The Morgan fingerprint density at radius 3 is 2.57 bits per heavy atom. The predicted molar refractivity (Wildman–Crippen MR) is 117 cm³/mol. The lowest BCUT2D eigenvalue weighted by atomic mass is 10.1. The van der Waals surface area contributed by atoms with Gasteiger partial charge in [0.1, 0.15) is 5.69 Å². The summed E-state index contributed by atoms with van der Waals surface area (Å²) in [6, 6.07) is 8.69. The number of amides is 1. The van der Waals surface area contributed by atoms with Crippen molar-refractivity contribution in [3.05, 3.63) is 35.4 Å². The van der Waals surface area contributed by atoms with Gasteiger partial charge in [-0.3, -0.25) is 9.69 Å². The van der Waals surface area contributed by atoms with Gasteiger partial charge in [0.15, 0.2) is 11.6 Å². The van der Waals surface area contributed by atoms with E-state index in [1.807, 2.05) is 4.90 Å². The summed E-state index contributed by atoms with van der Waals surface area (Å²) >= 11 is 0. The van der Waals surface area contributed by atoms with Crippen LogP contribution in [-0.4, -0.2) is 47.0 Å². The number of aromatic nitrogens is 2. The molecule has 1 aromatic carbocycles. The van der Waals surface area contributed by atoms with Crippen molar-refractivity contribution in [1.82, 2.24) is 14.9 Å². The summed E-state index contributed by atoms with van der Waals surface area (Å²) in [5.41, 5.74) is 8.89. The summed E-state index contributed by atoms with van der Waals surface area (Å²) in [5, 5.41) is 2.77. The molecule has 1 saturated heterocycles. The second-order valence-corrected chi connectivity index (χ2v) is 7.84. The molecule has 8 nitrogen and oxygen atoms in total. The van der Waals surface area contributed by atoms with Crippen molar-refractivity contribution in [3.8, 4) is 6.01 Å². The van der Waals surface area contributed by atoms with Crippen LogP contribution in [0.15, 0.2) is 24.3 Å². The number of nitrogens with two attached hydrogens (primary N) is 1. The van der Waals surface area contributed by atoms with Crippen LogP contribution in [0.3, 0.4) is 0 Å². The lowest BCUT2D eigenvalue weighted by molar-refractivity contribution is -0.115. The van der Waals surface area contributed by atoms with Crippen molar-refractivity contribution >= 4 is 23.2 Å². The van der Waals surface area contributed by atoms with Crippen LogP contribution < -0.4 is 20.7 Å². The number of nitrogens with one attached hydrogen (secondary N) is 1. The zero-order chi connectivity index (χ0) is 21.8. The van der Waals surface area contributed by atoms with Crippen molar-refractivity contribution in [2.45, 2.75) is 45.7 Å². The largest absolute Gasteiger partial charge is 0.463 e. The van der Waals surface area contributed by atoms with Crippen molar-refractivity contribution < 1.29 is 10.9 Å². The Labute approximate surface area is 178 Å². The molecule has 0 aliphatic carbocycles. The smallest absolute Gasteiger partial charge is 0.320 e. The minimum absolute atomic E-state index is 0.148. The number of hydrogen-bond acceptors (Lipinski definition) is 7. The monoisotopic (exact) mass is 411 g/mol. The maximum atomic E-state index is 12.2. The molecule has 3 heterocycles. The van der Waals surface area contributed by atoms with Gasteiger partial charge in [-0.05, 0) is 43.5 Å². The minimum Gasteiger partial charge on any atom is -0.463 e. The van der Waals surface area contributed by atoms with E-state index in [9.17, 15) is 4.79 Å². The van der Waals surface area contributed by atoms with E-state index in [0.29, 0.717) is 31.1 Å². The molecule has 3 N–H and O–H groups in total. The number of carbonyl (C=O) groups excluding carboxylic acids is 1. The number of ether oxygens (including phenoxy) is 1. The number of fused-ring (bicyclic) bond motifs is 1. The molecule has 160 valence electrons. The summed E-state index contributed by atoms with van der Waals surface area (Å²) in [6.45, 7) is 6.19. The summed E-state index contributed by atoms with van der Waals surface area (Å²) in [7, 11) is 0. The second kappa shape index (κ2) is 9.30. The summed E-state index contributed by atoms with van der Waals surface area (Å²) in [6.07, 6.45) is 2.92. The van der Waals surface area contributed by atoms with E-state index in [1.165, 1.54) is 31.5 Å². The Kier molecular flexibility index (Phi) is 5.92. The Bertz CT molecular complexity index is 915. The maximum absolute atomic E-state index is 12.2. The molecule has 1 aromatic heterocycles. The Hall–Kier alpha value is -2.87. The molecule has 2 aromatic rings. The first kappa shape index (κ1) is 19.1. The van der Waals surface area contributed by atoms with E-state index in [1.54, 1.807) is 6.92 Å². The number of anilines is 3. The van der Waals surface area contributed by atoms with Gasteiger partial charge in [-0.2, -0.15) is 9.97 Å². The van der Waals surface area contributed by atoms with E-state index in [-0.39, 0.29) is 30.7 Å². The minimum atomic E-state index is -0.223. The van der Waals surface area contributed by atoms with Crippen LogP contribution in [0, 0.1) is 0 Å². The van der Waals surface area contributed by atoms with E-state index >= 15 is 0 Å². The van der Waals surface area contributed by atoms with Gasteiger partial charge < -0.3 is 20.7 Å². The molecule has 1 atom stereocenters. The van der Waals surface area contributed by atoms with Crippen LogP contribution in [0.25, 0.3) is 0 Å². The molecule has 0 spiro atoms. The van der Waals surface area contributed by atoms with Gasteiger partial charge in [0, 0.05) is 14.5 Å². The van der Waals surface area contributed by atoms with Crippen LogP contribution >= 0.6 is 0 Å². The first-order valence-electron chi connectivity index (χ1n) is 11.1. The number of nitrogen functional groups attached to an aromatic ring is 1. The molecule has 30 heavy (non-hydrogen) atoms. The highest BCUT2D eigenvalue weighted by molar-refractivity contribution is 6.03. The number of likely N-dealkylation sites (tertiary alicyclic amines) is 1. The predicted octanol–water partition coefficient (Wildman–Crippen LogP) is 2.79. The average Bonchev–Trinajstić information content (AvgIpc) is 3.23. The molecule has 2 aliphatic rings. The highest BCUT2D eigenvalue weighted by Gasteiger charge is 2.27. The van der Waals surface area contributed by atoms with E-state index in [0.717, 1.165) is 12.1 Å². The molecule has 4 rings (SSSR count). The molecular formula is C22H30N6O2. The van der Waals surface area contributed by atoms with Gasteiger partial charge in [-0.1, -0.05) is 37.6 Å². The number of hydrogen-bond donors (Lipinski definition) is 2. The second-order valence-electron chi connectivity index (χ2n) is 7.84. The quantitative estimate of drug-likeness (QED) is 0.689. The number of benzene rings is 1. The third kappa shape index (κ3) is 4.81. The molecular weight excluding hydrogens is 380 g/mol. The number of rotatable bonds is 8. The van der Waals surface area contributed by atoms with Gasteiger partial charge in [0.05, 0.1) is 13.2 Å². The molecule has 1 fully saturated rings. The SMILES string of the molecule is [2H][C@@H](C)CCOc1nc(N)c2c(n1)N(Cc1ccc(CN3CCCC3)cc1)CC(=O)N2. The average molecular weight is 412 g/mol. The summed E-state index contributed by atoms with van der Waals surface area (Å²) < 4.78 is 13.2. The molecule has 0 bridgehead atoms. The lowest BCUT2D eigenvalue weighted by Gasteiger charge is -2.30. The molecule has 0 saturated carbocycles. The zero-order valence-electron chi connectivity index (χ0n) is 18.4. The van der Waals surface area contributed by atoms with E-state index in [4.69, 9.17) is 11.8 Å². The highest BCUT2D eigenvalue weighted by atomic mass is 16.5. The normalized spacial score (nSPS) is 18.0. The number of nitrogens with zero attached hydrogens (tertiary/aromatic N) is 4. The van der Waals surface area contributed by atoms with E-state index in [2.05, 4.69) is 44.5 Å². The van der Waals surface area contributed by atoms with Crippen LogP contribution in [0.4, 0.5) is 17.3 Å². The lowest BCUT2D eigenvalue weighted by Crippen LogP contribution is -2.39. The maximum Gasteiger partial charge on any atom is 0.320 e. The standard InChI is InChI=1S/C22H30N6O2/c1-2-3-12-30-22-25-20(23)19-21(26-22)28(15-18(29)24-19)14-17-8-6-16(7-9-17)13-27-10-4-5-11-27/h6-9H,2-5,10-15H2,1H3,(H,24,29)(H2,23,25,26)/i2D/t2-/m0/s1. The van der Waals surface area contributed by atoms with Gasteiger partial charge in [-0.25, -0.2) is 0 Å².